The number of carboxylic acids is 1. The number of hydrogen-bond donors (Lipinski definition) is 1. The van der Waals surface area contributed by atoms with Crippen molar-refractivity contribution >= 4 is 46.3 Å². The third-order valence-corrected chi connectivity index (χ3v) is 10.4. The number of anilines is 1. The number of fused-ring (bicyclic) bond motifs is 1. The van der Waals surface area contributed by atoms with Gasteiger partial charge in [-0.25, -0.2) is 9.67 Å². The molecule has 2 saturated carbocycles. The van der Waals surface area contributed by atoms with E-state index >= 15 is 0 Å². The summed E-state index contributed by atoms with van der Waals surface area (Å²) in [6.45, 7) is 8.00. The number of nitrogens with zero attached hydrogens (tertiary/aromatic N) is 7. The summed E-state index contributed by atoms with van der Waals surface area (Å²) in [5.41, 5.74) is 2.94. The van der Waals surface area contributed by atoms with E-state index in [0.717, 1.165) is 80.2 Å². The van der Waals surface area contributed by atoms with Crippen LogP contribution in [0.1, 0.15) is 75.6 Å². The van der Waals surface area contributed by atoms with Crippen LogP contribution in [0, 0.1) is 17.3 Å². The summed E-state index contributed by atoms with van der Waals surface area (Å²) in [5.74, 6) is 1.77. The summed E-state index contributed by atoms with van der Waals surface area (Å²) in [6, 6.07) is 5.79. The minimum atomic E-state index is -0.656. The minimum Gasteiger partial charge on any atom is -0.481 e. The van der Waals surface area contributed by atoms with Gasteiger partial charge in [-0.2, -0.15) is 4.98 Å². The number of aliphatic carboxylic acids is 1. The highest BCUT2D eigenvalue weighted by atomic mass is 35.5. The second-order valence-corrected chi connectivity index (χ2v) is 13.6. The molecule has 2 aliphatic carbocycles. The molecule has 0 amide bonds. The summed E-state index contributed by atoms with van der Waals surface area (Å²) in [4.78, 5) is 26.5. The second kappa shape index (κ2) is 9.81. The molecule has 2 saturated heterocycles. The number of piperidine rings is 1. The highest BCUT2D eigenvalue weighted by molar-refractivity contribution is 6.35. The number of carboxylic acid groups (broad SMARTS) is 1. The van der Waals surface area contributed by atoms with Crippen molar-refractivity contribution in [1.82, 2.24) is 29.9 Å². The Morgan fingerprint density at radius 3 is 2.58 bits per heavy atom. The first-order valence-corrected chi connectivity index (χ1v) is 15.3. The van der Waals surface area contributed by atoms with Gasteiger partial charge in [0, 0.05) is 41.6 Å². The fourth-order valence-electron chi connectivity index (χ4n) is 7.00. The van der Waals surface area contributed by atoms with Crippen molar-refractivity contribution in [2.75, 3.05) is 31.1 Å². The van der Waals surface area contributed by atoms with E-state index < -0.39 is 11.4 Å². The molecule has 0 bridgehead atoms. The van der Waals surface area contributed by atoms with Gasteiger partial charge < -0.3 is 14.9 Å². The molecule has 0 radical (unpaired) electrons. The lowest BCUT2D eigenvalue weighted by Gasteiger charge is -2.52. The van der Waals surface area contributed by atoms with Gasteiger partial charge >= 0.3 is 5.97 Å². The van der Waals surface area contributed by atoms with Gasteiger partial charge in [-0.1, -0.05) is 34.5 Å². The van der Waals surface area contributed by atoms with Crippen LogP contribution >= 0.6 is 23.2 Å². The summed E-state index contributed by atoms with van der Waals surface area (Å²) in [5, 5.41) is 19.7. The monoisotopic (exact) mass is 583 g/mol. The van der Waals surface area contributed by atoms with Crippen LogP contribution < -0.4 is 4.90 Å². The standard InChI is InChI=1S/C29H35Cl2N7O2/c1-16(22-8-7-20(30)10-23(22)31)38-26-25(34-35-38)24(17-5-6-17)32-28(33-26)37-14-19(15-37)18-4-3-9-36(13-18)21-11-29(2,12-21)27(39)40/h7-8,10,16-19,21H,3-6,9,11-15H2,1-2H3,(H,39,40)/t16-,18+,21?,29?/m1/s1. The number of benzene rings is 1. The Labute approximate surface area is 243 Å². The molecule has 0 spiro atoms. The number of carbonyl (C=O) groups is 1. The third-order valence-electron chi connectivity index (χ3n) is 9.84. The van der Waals surface area contributed by atoms with Gasteiger partial charge in [0.25, 0.3) is 0 Å². The number of rotatable bonds is 7. The van der Waals surface area contributed by atoms with Crippen LogP contribution in [0.5, 0.6) is 0 Å². The van der Waals surface area contributed by atoms with Crippen LogP contribution in [0.3, 0.4) is 0 Å². The van der Waals surface area contributed by atoms with E-state index in [2.05, 4.69) is 27.0 Å². The van der Waals surface area contributed by atoms with Crippen molar-refractivity contribution in [3.63, 3.8) is 0 Å². The van der Waals surface area contributed by atoms with Gasteiger partial charge in [-0.05, 0) is 88.4 Å². The molecule has 4 aliphatic rings. The van der Waals surface area contributed by atoms with Gasteiger partial charge in [0.2, 0.25) is 5.95 Å². The van der Waals surface area contributed by atoms with Gasteiger partial charge in [0.05, 0.1) is 17.2 Å². The van der Waals surface area contributed by atoms with Crippen molar-refractivity contribution in [1.29, 1.82) is 0 Å². The topological polar surface area (TPSA) is 100 Å². The molecule has 1 N–H and O–H groups in total. The maximum atomic E-state index is 11.6. The molecule has 1 aromatic carbocycles. The summed E-state index contributed by atoms with van der Waals surface area (Å²) in [7, 11) is 0. The molecule has 7 rings (SSSR count). The molecule has 0 unspecified atom stereocenters. The van der Waals surface area contributed by atoms with Crippen LogP contribution in [0.4, 0.5) is 5.95 Å². The predicted octanol–water partition coefficient (Wildman–Crippen LogP) is 5.42. The molecule has 212 valence electrons. The van der Waals surface area contributed by atoms with E-state index in [4.69, 9.17) is 33.2 Å². The Kier molecular flexibility index (Phi) is 6.48. The average molecular weight is 585 g/mol. The highest BCUT2D eigenvalue weighted by Crippen LogP contribution is 2.46. The molecule has 3 aromatic rings. The molecule has 2 aromatic heterocycles. The Balaban J connectivity index is 1.08. The second-order valence-electron chi connectivity index (χ2n) is 12.7. The van der Waals surface area contributed by atoms with Crippen LogP contribution in [0.25, 0.3) is 11.2 Å². The van der Waals surface area contributed by atoms with E-state index in [9.17, 15) is 9.90 Å². The maximum absolute atomic E-state index is 11.6. The Morgan fingerprint density at radius 2 is 1.88 bits per heavy atom. The Hall–Kier alpha value is -2.49. The fourth-order valence-corrected chi connectivity index (χ4v) is 7.57. The largest absolute Gasteiger partial charge is 0.481 e. The third kappa shape index (κ3) is 4.54. The van der Waals surface area contributed by atoms with Gasteiger partial charge in [-0.15, -0.1) is 5.10 Å². The molecule has 40 heavy (non-hydrogen) atoms. The molecule has 9 nitrogen and oxygen atoms in total. The number of hydrogen-bond acceptors (Lipinski definition) is 7. The van der Waals surface area contributed by atoms with Crippen LogP contribution in [0.15, 0.2) is 18.2 Å². The fraction of sp³-hybridized carbons (Fsp3) is 0.621. The first-order chi connectivity index (χ1) is 19.2. The summed E-state index contributed by atoms with van der Waals surface area (Å²) < 4.78 is 1.86. The average Bonchev–Trinajstić information content (AvgIpc) is 3.64. The van der Waals surface area contributed by atoms with Crippen molar-refractivity contribution in [3.05, 3.63) is 39.5 Å². The number of likely N-dealkylation sites (tertiary alicyclic amines) is 1. The molecule has 4 heterocycles. The summed E-state index contributed by atoms with van der Waals surface area (Å²) in [6.07, 6.45) is 6.21. The van der Waals surface area contributed by atoms with Crippen LogP contribution in [-0.4, -0.2) is 73.2 Å². The Morgan fingerprint density at radius 1 is 1.10 bits per heavy atom. The minimum absolute atomic E-state index is 0.156. The molecular weight excluding hydrogens is 549 g/mol. The highest BCUT2D eigenvalue weighted by Gasteiger charge is 2.50. The van der Waals surface area contributed by atoms with Gasteiger partial charge in [0.1, 0.15) is 0 Å². The van der Waals surface area contributed by atoms with Crippen molar-refractivity contribution in [3.8, 4) is 0 Å². The van der Waals surface area contributed by atoms with Crippen molar-refractivity contribution in [2.45, 2.75) is 70.4 Å². The molecule has 11 heteroatoms. The zero-order chi connectivity index (χ0) is 27.8. The van der Waals surface area contributed by atoms with Crippen molar-refractivity contribution in [2.24, 2.45) is 17.3 Å². The van der Waals surface area contributed by atoms with Gasteiger partial charge in [-0.3, -0.25) is 4.79 Å². The van der Waals surface area contributed by atoms with E-state index in [1.807, 2.05) is 23.7 Å². The van der Waals surface area contributed by atoms with E-state index in [0.29, 0.717) is 33.8 Å². The first-order valence-electron chi connectivity index (χ1n) is 14.5. The zero-order valence-electron chi connectivity index (χ0n) is 22.9. The van der Waals surface area contributed by atoms with E-state index in [1.54, 1.807) is 6.07 Å². The lowest BCUT2D eigenvalue weighted by molar-refractivity contribution is -0.158. The van der Waals surface area contributed by atoms with Crippen molar-refractivity contribution < 1.29 is 9.90 Å². The van der Waals surface area contributed by atoms with Crippen LogP contribution in [0.2, 0.25) is 10.0 Å². The smallest absolute Gasteiger partial charge is 0.309 e. The first kappa shape index (κ1) is 26.4. The molecular formula is C29H35Cl2N7O2. The number of halogens is 2. The van der Waals surface area contributed by atoms with Crippen LogP contribution in [-0.2, 0) is 4.79 Å². The lowest BCUT2D eigenvalue weighted by Crippen LogP contribution is -2.58. The molecule has 4 fully saturated rings. The van der Waals surface area contributed by atoms with Gasteiger partial charge in [0.15, 0.2) is 11.2 Å². The molecule has 2 aliphatic heterocycles. The Bertz CT molecular complexity index is 1460. The number of aromatic nitrogens is 5. The SMILES string of the molecule is C[C@H](c1ccc(Cl)cc1Cl)n1nnc2c(C3CC3)nc(N3CC([C@H]4CCCN(C5CC(C)(C(=O)O)C5)C4)C3)nc21. The quantitative estimate of drug-likeness (QED) is 0.393. The maximum Gasteiger partial charge on any atom is 0.309 e. The lowest BCUT2D eigenvalue weighted by atomic mass is 9.65. The zero-order valence-corrected chi connectivity index (χ0v) is 24.4. The van der Waals surface area contributed by atoms with E-state index in [1.165, 1.54) is 12.8 Å². The normalized spacial score (nSPS) is 28.4. The molecule has 2 atom stereocenters. The van der Waals surface area contributed by atoms with E-state index in [-0.39, 0.29) is 6.04 Å². The summed E-state index contributed by atoms with van der Waals surface area (Å²) >= 11 is 12.7. The predicted molar refractivity (Wildman–Crippen MR) is 154 cm³/mol.